The molecule has 0 bridgehead atoms. The highest BCUT2D eigenvalue weighted by atomic mass is 79.9. The fraction of sp³-hybridized carbons (Fsp3) is 0.545. The van der Waals surface area contributed by atoms with Crippen molar-refractivity contribution in [3.63, 3.8) is 0 Å². The number of halogens is 2. The molecule has 0 aliphatic rings. The summed E-state index contributed by atoms with van der Waals surface area (Å²) < 4.78 is 32.5. The van der Waals surface area contributed by atoms with Gasteiger partial charge in [0, 0.05) is 23.9 Å². The Morgan fingerprint density at radius 1 is 1.55 bits per heavy atom. The van der Waals surface area contributed by atoms with Gasteiger partial charge in [0.1, 0.15) is 4.90 Å². The number of rotatable bonds is 6. The number of carbonyl (C=O) groups is 1. The first-order valence-corrected chi connectivity index (χ1v) is 8.80. The number of methoxy groups -OCH3 is 1. The first-order valence-electron chi connectivity index (χ1n) is 5.70. The number of hydrogen-bond donors (Lipinski definition) is 1. The van der Waals surface area contributed by atoms with Gasteiger partial charge < -0.3 is 14.5 Å². The smallest absolute Gasteiger partial charge is 0.287 e. The summed E-state index contributed by atoms with van der Waals surface area (Å²) in [5.74, 6) is -0.528. The maximum Gasteiger partial charge on any atom is 0.287 e. The van der Waals surface area contributed by atoms with Crippen LogP contribution in [0.2, 0.25) is 0 Å². The Balaban J connectivity index is 2.93. The number of carbonyl (C=O) groups excluding carboxylic acids is 1. The fourth-order valence-corrected chi connectivity index (χ4v) is 3.48. The van der Waals surface area contributed by atoms with E-state index in [-0.39, 0.29) is 27.3 Å². The van der Waals surface area contributed by atoms with E-state index in [2.05, 4.69) is 21.2 Å². The zero-order valence-corrected chi connectivity index (χ0v) is 14.3. The first-order chi connectivity index (χ1) is 9.16. The van der Waals surface area contributed by atoms with Gasteiger partial charge in [-0.25, -0.2) is 8.42 Å². The molecule has 6 nitrogen and oxygen atoms in total. The van der Waals surface area contributed by atoms with E-state index in [4.69, 9.17) is 19.8 Å². The van der Waals surface area contributed by atoms with Gasteiger partial charge in [0.05, 0.1) is 12.6 Å². The Labute approximate surface area is 130 Å². The molecule has 0 saturated carbocycles. The van der Waals surface area contributed by atoms with E-state index >= 15 is 0 Å². The van der Waals surface area contributed by atoms with Crippen molar-refractivity contribution in [2.75, 3.05) is 13.7 Å². The van der Waals surface area contributed by atoms with Crippen molar-refractivity contribution in [1.29, 1.82) is 0 Å². The summed E-state index contributed by atoms with van der Waals surface area (Å²) in [7, 11) is 2.77. The molecule has 1 heterocycles. The largest absolute Gasteiger partial charge is 0.443 e. The number of furan rings is 1. The molecule has 9 heteroatoms. The van der Waals surface area contributed by atoms with Gasteiger partial charge in [-0.05, 0) is 21.8 Å². The second-order valence-electron chi connectivity index (χ2n) is 4.47. The predicted molar refractivity (Wildman–Crippen MR) is 77.4 cm³/mol. The molecular formula is C11H15BrClNO5S. The van der Waals surface area contributed by atoms with E-state index < -0.39 is 15.0 Å². The molecule has 0 spiro atoms. The van der Waals surface area contributed by atoms with Gasteiger partial charge in [0.2, 0.25) is 0 Å². The van der Waals surface area contributed by atoms with Crippen molar-refractivity contribution in [3.8, 4) is 0 Å². The van der Waals surface area contributed by atoms with Crippen LogP contribution in [-0.2, 0) is 13.8 Å². The van der Waals surface area contributed by atoms with Crippen LogP contribution < -0.4 is 5.32 Å². The zero-order valence-electron chi connectivity index (χ0n) is 11.1. The SMILES string of the molecule is COCC(NC(=O)c1cc(S(=O)(=O)Cl)c(Br)o1)C(C)C. The maximum absolute atomic E-state index is 12.0. The molecule has 20 heavy (non-hydrogen) atoms. The van der Waals surface area contributed by atoms with Crippen LogP contribution in [0.3, 0.4) is 0 Å². The second-order valence-corrected chi connectivity index (χ2v) is 7.72. The van der Waals surface area contributed by atoms with Gasteiger partial charge in [-0.2, -0.15) is 0 Å². The Bertz CT molecular complexity index is 584. The van der Waals surface area contributed by atoms with Crippen molar-refractivity contribution in [2.45, 2.75) is 24.8 Å². The third-order valence-electron chi connectivity index (χ3n) is 2.61. The van der Waals surface area contributed by atoms with Crippen LogP contribution in [0.1, 0.15) is 24.4 Å². The Morgan fingerprint density at radius 3 is 2.55 bits per heavy atom. The average Bonchev–Trinajstić information content (AvgIpc) is 2.70. The third kappa shape index (κ3) is 4.47. The van der Waals surface area contributed by atoms with Crippen LogP contribution in [0, 0.1) is 5.92 Å². The summed E-state index contributed by atoms with van der Waals surface area (Å²) >= 11 is 2.91. The van der Waals surface area contributed by atoms with Crippen molar-refractivity contribution in [2.24, 2.45) is 5.92 Å². The Kier molecular flexibility index (Phi) is 6.06. The lowest BCUT2D eigenvalue weighted by atomic mass is 10.1. The fourth-order valence-electron chi connectivity index (χ4n) is 1.45. The summed E-state index contributed by atoms with van der Waals surface area (Å²) in [6.07, 6.45) is 0. The number of ether oxygens (including phenoxy) is 1. The normalized spacial score (nSPS) is 13.5. The van der Waals surface area contributed by atoms with E-state index in [9.17, 15) is 13.2 Å². The highest BCUT2D eigenvalue weighted by molar-refractivity contribution is 9.10. The molecule has 114 valence electrons. The monoisotopic (exact) mass is 387 g/mol. The molecule has 0 aromatic carbocycles. The molecule has 1 rings (SSSR count). The quantitative estimate of drug-likeness (QED) is 0.756. The van der Waals surface area contributed by atoms with Gasteiger partial charge in [0.25, 0.3) is 15.0 Å². The molecule has 0 radical (unpaired) electrons. The van der Waals surface area contributed by atoms with Gasteiger partial charge in [-0.3, -0.25) is 4.79 Å². The molecule has 1 atom stereocenters. The highest BCUT2D eigenvalue weighted by Crippen LogP contribution is 2.28. The van der Waals surface area contributed by atoms with Crippen LogP contribution >= 0.6 is 26.6 Å². The van der Waals surface area contributed by atoms with Gasteiger partial charge >= 0.3 is 0 Å². The molecule has 1 aromatic rings. The van der Waals surface area contributed by atoms with E-state index in [1.165, 1.54) is 7.11 Å². The van der Waals surface area contributed by atoms with E-state index in [1.54, 1.807) is 0 Å². The summed E-state index contributed by atoms with van der Waals surface area (Å²) in [6.45, 7) is 4.19. The van der Waals surface area contributed by atoms with Crippen molar-refractivity contribution < 1.29 is 22.4 Å². The van der Waals surface area contributed by atoms with Gasteiger partial charge in [-0.15, -0.1) is 0 Å². The van der Waals surface area contributed by atoms with Crippen LogP contribution in [0.4, 0.5) is 0 Å². The molecule has 0 fully saturated rings. The molecule has 1 aromatic heterocycles. The number of hydrogen-bond acceptors (Lipinski definition) is 5. The number of amides is 1. The van der Waals surface area contributed by atoms with Crippen LogP contribution in [0.5, 0.6) is 0 Å². The van der Waals surface area contributed by atoms with Crippen LogP contribution in [0.25, 0.3) is 0 Å². The summed E-state index contributed by atoms with van der Waals surface area (Å²) in [5.41, 5.74) is 0. The van der Waals surface area contributed by atoms with E-state index in [1.807, 2.05) is 13.8 Å². The second kappa shape index (κ2) is 6.93. The standard InChI is InChI=1S/C11H15BrClNO5S/c1-6(2)7(5-18-3)14-11(15)8-4-9(10(12)19-8)20(13,16)17/h4,6-7H,5H2,1-3H3,(H,14,15). The molecule has 1 N–H and O–H groups in total. The molecule has 0 aliphatic heterocycles. The van der Waals surface area contributed by atoms with Crippen LogP contribution in [-0.4, -0.2) is 34.1 Å². The summed E-state index contributed by atoms with van der Waals surface area (Å²) in [4.78, 5) is 11.7. The average molecular weight is 389 g/mol. The Morgan fingerprint density at radius 2 is 2.15 bits per heavy atom. The maximum atomic E-state index is 12.0. The lowest BCUT2D eigenvalue weighted by Crippen LogP contribution is -2.41. The number of nitrogens with one attached hydrogen (secondary N) is 1. The Hall–Kier alpha value is -0.570. The molecule has 0 aliphatic carbocycles. The summed E-state index contributed by atoms with van der Waals surface area (Å²) in [6, 6.07) is 0.860. The molecule has 1 unspecified atom stereocenters. The highest BCUT2D eigenvalue weighted by Gasteiger charge is 2.25. The van der Waals surface area contributed by atoms with E-state index in [0.29, 0.717) is 6.61 Å². The van der Waals surface area contributed by atoms with E-state index in [0.717, 1.165) is 6.07 Å². The zero-order chi connectivity index (χ0) is 15.5. The third-order valence-corrected chi connectivity index (χ3v) is 4.79. The minimum atomic E-state index is -3.97. The van der Waals surface area contributed by atoms with Crippen molar-refractivity contribution >= 4 is 41.6 Å². The van der Waals surface area contributed by atoms with Gasteiger partial charge in [-0.1, -0.05) is 13.8 Å². The predicted octanol–water partition coefficient (Wildman–Crippen LogP) is 2.37. The van der Waals surface area contributed by atoms with Gasteiger partial charge in [0.15, 0.2) is 10.4 Å². The minimum Gasteiger partial charge on any atom is -0.443 e. The molecular weight excluding hydrogens is 374 g/mol. The lowest BCUT2D eigenvalue weighted by Gasteiger charge is -2.20. The van der Waals surface area contributed by atoms with Crippen molar-refractivity contribution in [3.05, 3.63) is 16.5 Å². The first kappa shape index (κ1) is 17.5. The minimum absolute atomic E-state index is 0.106. The van der Waals surface area contributed by atoms with Crippen LogP contribution in [0.15, 0.2) is 20.0 Å². The lowest BCUT2D eigenvalue weighted by molar-refractivity contribution is 0.0838. The van der Waals surface area contributed by atoms with Crippen molar-refractivity contribution in [1.82, 2.24) is 5.32 Å². The molecule has 0 saturated heterocycles. The molecule has 1 amide bonds. The summed E-state index contributed by atoms with van der Waals surface area (Å²) in [5, 5.41) is 2.71. The topological polar surface area (TPSA) is 85.6 Å².